The van der Waals surface area contributed by atoms with Crippen molar-refractivity contribution in [3.63, 3.8) is 0 Å². The van der Waals surface area contributed by atoms with Crippen LogP contribution in [0.2, 0.25) is 0 Å². The normalized spacial score (nSPS) is 14.8. The minimum absolute atomic E-state index is 0.229. The maximum absolute atomic E-state index is 13.3. The van der Waals surface area contributed by atoms with Crippen LogP contribution in [-0.2, 0) is 6.54 Å². The summed E-state index contributed by atoms with van der Waals surface area (Å²) in [6.45, 7) is 4.18. The number of para-hydroxylation sites is 2. The number of halogens is 1. The van der Waals surface area contributed by atoms with Gasteiger partial charge in [-0.1, -0.05) is 24.3 Å². The number of likely N-dealkylation sites (tertiary alicyclic amines) is 1. The van der Waals surface area contributed by atoms with E-state index in [4.69, 9.17) is 22.5 Å². The van der Waals surface area contributed by atoms with Crippen molar-refractivity contribution in [1.82, 2.24) is 25.1 Å². The molecule has 32 heavy (non-hydrogen) atoms. The van der Waals surface area contributed by atoms with E-state index in [2.05, 4.69) is 31.5 Å². The second kappa shape index (κ2) is 10.4. The molecule has 3 aromatic rings. The van der Waals surface area contributed by atoms with Crippen molar-refractivity contribution in [3.05, 3.63) is 59.9 Å². The van der Waals surface area contributed by atoms with Gasteiger partial charge >= 0.3 is 0 Å². The Morgan fingerprint density at radius 3 is 2.66 bits per heavy atom. The third kappa shape index (κ3) is 5.52. The minimum atomic E-state index is -0.229. The van der Waals surface area contributed by atoms with Crippen LogP contribution >= 0.6 is 12.2 Å². The summed E-state index contributed by atoms with van der Waals surface area (Å²) in [6, 6.07) is 15.1. The van der Waals surface area contributed by atoms with Crippen LogP contribution in [0.1, 0.15) is 18.4 Å². The van der Waals surface area contributed by atoms with Crippen molar-refractivity contribution in [1.29, 1.82) is 5.26 Å². The molecule has 0 radical (unpaired) electrons. The second-order valence-electron chi connectivity index (χ2n) is 7.89. The Labute approximate surface area is 192 Å². The Hall–Kier alpha value is -3.22. The van der Waals surface area contributed by atoms with Gasteiger partial charge in [0, 0.05) is 32.2 Å². The molecule has 0 unspecified atom stereocenters. The number of imidazole rings is 1. The van der Waals surface area contributed by atoms with Gasteiger partial charge in [0.25, 0.3) is 0 Å². The zero-order chi connectivity index (χ0) is 22.3. The smallest absolute Gasteiger partial charge is 0.204 e. The average molecular weight is 452 g/mol. The molecule has 0 bridgehead atoms. The quantitative estimate of drug-likeness (QED) is 0.289. The van der Waals surface area contributed by atoms with Crippen molar-refractivity contribution in [2.24, 2.45) is 0 Å². The largest absolute Gasteiger partial charge is 0.361 e. The van der Waals surface area contributed by atoms with E-state index in [1.807, 2.05) is 36.5 Å². The first-order valence-electron chi connectivity index (χ1n) is 10.7. The van der Waals surface area contributed by atoms with E-state index in [9.17, 15) is 4.39 Å². The van der Waals surface area contributed by atoms with Gasteiger partial charge in [0.15, 0.2) is 11.3 Å². The third-order valence-corrected chi connectivity index (χ3v) is 5.96. The van der Waals surface area contributed by atoms with Crippen molar-refractivity contribution >= 4 is 34.3 Å². The van der Waals surface area contributed by atoms with Crippen LogP contribution in [0, 0.1) is 17.3 Å². The number of fused-ring (bicyclic) bond motifs is 1. The summed E-state index contributed by atoms with van der Waals surface area (Å²) in [7, 11) is 0. The van der Waals surface area contributed by atoms with Gasteiger partial charge in [-0.25, -0.2) is 9.37 Å². The number of nitrogens with zero attached hydrogens (tertiary/aromatic N) is 4. The summed E-state index contributed by atoms with van der Waals surface area (Å²) in [5, 5.41) is 18.0. The molecule has 1 aliphatic heterocycles. The van der Waals surface area contributed by atoms with E-state index < -0.39 is 0 Å². The molecule has 166 valence electrons. The van der Waals surface area contributed by atoms with Crippen molar-refractivity contribution in [2.45, 2.75) is 25.4 Å². The van der Waals surface area contributed by atoms with Gasteiger partial charge in [-0.3, -0.25) is 5.32 Å². The lowest BCUT2D eigenvalue weighted by Crippen LogP contribution is -2.44. The van der Waals surface area contributed by atoms with Gasteiger partial charge in [0.05, 0.1) is 17.6 Å². The fourth-order valence-corrected chi connectivity index (χ4v) is 4.17. The molecule has 1 fully saturated rings. The highest BCUT2D eigenvalue weighted by atomic mass is 32.1. The molecule has 4 rings (SSSR count). The number of nitrogens with one attached hydrogen (secondary N) is 3. The summed E-state index contributed by atoms with van der Waals surface area (Å²) >= 11 is 5.00. The number of benzene rings is 2. The molecule has 2 heterocycles. The first-order chi connectivity index (χ1) is 15.6. The highest BCUT2D eigenvalue weighted by Crippen LogP contribution is 2.24. The standard InChI is InChI=1S/C23H26FN7S/c24-18-7-5-17(6-8-18)15-31-21-4-2-1-3-20(21)29-22(31)28-19-9-12-30(13-10-19)14-11-26-23(32)27-16-25/h1-8,19H,9-15H2,(H,28,29)(H2,26,27,32). The van der Waals surface area contributed by atoms with E-state index in [-0.39, 0.29) is 5.82 Å². The maximum Gasteiger partial charge on any atom is 0.204 e. The number of anilines is 1. The Bertz CT molecular complexity index is 1100. The Kier molecular flexibility index (Phi) is 7.14. The predicted molar refractivity (Wildman–Crippen MR) is 128 cm³/mol. The van der Waals surface area contributed by atoms with E-state index >= 15 is 0 Å². The fraction of sp³-hybridized carbons (Fsp3) is 0.348. The molecular formula is C23H26FN7S. The molecule has 1 aliphatic rings. The number of hydrogen-bond donors (Lipinski definition) is 3. The lowest BCUT2D eigenvalue weighted by molar-refractivity contribution is 0.222. The number of aromatic nitrogens is 2. The molecule has 0 amide bonds. The van der Waals surface area contributed by atoms with Crippen LogP contribution in [0.3, 0.4) is 0 Å². The van der Waals surface area contributed by atoms with E-state index in [1.54, 1.807) is 0 Å². The fourth-order valence-electron chi connectivity index (χ4n) is 4.02. The number of rotatable bonds is 7. The van der Waals surface area contributed by atoms with Crippen LogP contribution < -0.4 is 16.0 Å². The van der Waals surface area contributed by atoms with Crippen LogP contribution in [0.4, 0.5) is 10.3 Å². The van der Waals surface area contributed by atoms with Gasteiger partial charge in [0.2, 0.25) is 5.95 Å². The van der Waals surface area contributed by atoms with Crippen LogP contribution in [-0.4, -0.2) is 51.8 Å². The maximum atomic E-state index is 13.3. The van der Waals surface area contributed by atoms with Crippen molar-refractivity contribution in [2.75, 3.05) is 31.5 Å². The summed E-state index contributed by atoms with van der Waals surface area (Å²) in [6.07, 6.45) is 3.85. The first kappa shape index (κ1) is 22.0. The molecule has 0 saturated carbocycles. The average Bonchev–Trinajstić information content (AvgIpc) is 3.13. The minimum Gasteiger partial charge on any atom is -0.361 e. The second-order valence-corrected chi connectivity index (χ2v) is 8.30. The molecule has 7 nitrogen and oxygen atoms in total. The highest BCUT2D eigenvalue weighted by Gasteiger charge is 2.21. The molecular weight excluding hydrogens is 425 g/mol. The Balaban J connectivity index is 1.38. The van der Waals surface area contributed by atoms with Gasteiger partial charge < -0.3 is 20.1 Å². The molecule has 9 heteroatoms. The Morgan fingerprint density at radius 1 is 1.16 bits per heavy atom. The van der Waals surface area contributed by atoms with Crippen molar-refractivity contribution < 1.29 is 4.39 Å². The number of nitriles is 1. The summed E-state index contributed by atoms with van der Waals surface area (Å²) in [4.78, 5) is 7.22. The van der Waals surface area contributed by atoms with Crippen LogP contribution in [0.5, 0.6) is 0 Å². The SMILES string of the molecule is N#CNC(=S)NCCN1CCC(Nc2nc3ccccc3n2Cc2ccc(F)cc2)CC1. The molecule has 1 aromatic heterocycles. The third-order valence-electron chi connectivity index (χ3n) is 5.71. The van der Waals surface area contributed by atoms with E-state index in [1.165, 1.54) is 12.1 Å². The lowest BCUT2D eigenvalue weighted by Gasteiger charge is -2.32. The topological polar surface area (TPSA) is 80.9 Å². The van der Waals surface area contributed by atoms with Gasteiger partial charge in [-0.2, -0.15) is 5.26 Å². The number of piperidine rings is 1. The summed E-state index contributed by atoms with van der Waals surface area (Å²) < 4.78 is 15.5. The zero-order valence-electron chi connectivity index (χ0n) is 17.7. The lowest BCUT2D eigenvalue weighted by atomic mass is 10.1. The van der Waals surface area contributed by atoms with E-state index in [0.29, 0.717) is 24.2 Å². The van der Waals surface area contributed by atoms with Crippen LogP contribution in [0.15, 0.2) is 48.5 Å². The summed E-state index contributed by atoms with van der Waals surface area (Å²) in [5.41, 5.74) is 3.04. The van der Waals surface area contributed by atoms with E-state index in [0.717, 1.165) is 55.0 Å². The molecule has 0 atom stereocenters. The molecule has 0 aliphatic carbocycles. The molecule has 3 N–H and O–H groups in total. The van der Waals surface area contributed by atoms with Gasteiger partial charge in [0.1, 0.15) is 5.82 Å². The monoisotopic (exact) mass is 451 g/mol. The van der Waals surface area contributed by atoms with Gasteiger partial charge in [-0.15, -0.1) is 0 Å². The number of thiocarbonyl (C=S) groups is 1. The number of hydrogen-bond acceptors (Lipinski definition) is 5. The molecule has 0 spiro atoms. The van der Waals surface area contributed by atoms with Gasteiger partial charge in [-0.05, 0) is 54.9 Å². The molecule has 1 saturated heterocycles. The van der Waals surface area contributed by atoms with Crippen LogP contribution in [0.25, 0.3) is 11.0 Å². The summed E-state index contributed by atoms with van der Waals surface area (Å²) in [5.74, 6) is 0.622. The zero-order valence-corrected chi connectivity index (χ0v) is 18.5. The Morgan fingerprint density at radius 2 is 1.91 bits per heavy atom. The molecule has 2 aromatic carbocycles. The first-order valence-corrected chi connectivity index (χ1v) is 11.1. The van der Waals surface area contributed by atoms with Crippen molar-refractivity contribution in [3.8, 4) is 6.19 Å². The highest BCUT2D eigenvalue weighted by molar-refractivity contribution is 7.80. The predicted octanol–water partition coefficient (Wildman–Crippen LogP) is 3.05.